The first-order valence-corrected chi connectivity index (χ1v) is 7.46. The van der Waals surface area contributed by atoms with Gasteiger partial charge in [-0.25, -0.2) is 4.98 Å². The lowest BCUT2D eigenvalue weighted by atomic mass is 9.86. The molecule has 0 atom stereocenters. The molecule has 1 N–H and O–H groups in total. The molecule has 1 saturated carbocycles. The molecule has 0 saturated heterocycles. The molecule has 0 unspecified atom stereocenters. The second-order valence-corrected chi connectivity index (χ2v) is 5.63. The number of nitrogens with one attached hydrogen (secondary N) is 1. The van der Waals surface area contributed by atoms with Gasteiger partial charge in [-0.3, -0.25) is 4.79 Å². The highest BCUT2D eigenvalue weighted by Gasteiger charge is 2.42. The van der Waals surface area contributed by atoms with Crippen LogP contribution in [0.25, 0.3) is 0 Å². The van der Waals surface area contributed by atoms with Gasteiger partial charge in [0, 0.05) is 12.7 Å². The van der Waals surface area contributed by atoms with Crippen LogP contribution < -0.4 is 5.32 Å². The summed E-state index contributed by atoms with van der Waals surface area (Å²) < 4.78 is 5.21. The van der Waals surface area contributed by atoms with Crippen LogP contribution in [0.5, 0.6) is 0 Å². The first-order chi connectivity index (χ1) is 10.1. The van der Waals surface area contributed by atoms with E-state index in [2.05, 4.69) is 10.3 Å². The quantitative estimate of drug-likeness (QED) is 0.846. The van der Waals surface area contributed by atoms with Crippen molar-refractivity contribution in [3.05, 3.63) is 22.8 Å². The maximum atomic E-state index is 12.2. The molecule has 0 aromatic carbocycles. The van der Waals surface area contributed by atoms with Crippen molar-refractivity contribution in [1.82, 2.24) is 4.98 Å². The minimum absolute atomic E-state index is 0.153. The summed E-state index contributed by atoms with van der Waals surface area (Å²) in [6.07, 6.45) is 5.13. The van der Waals surface area contributed by atoms with Crippen LogP contribution in [0.15, 0.2) is 12.3 Å². The Morgan fingerprint density at radius 1 is 1.57 bits per heavy atom. The van der Waals surface area contributed by atoms with Gasteiger partial charge < -0.3 is 10.1 Å². The standard InChI is InChI=1S/C15H18ClN3O2/c1-2-21-14(20)15(5-3-4-6-15)10-19-13-12(16)7-11(8-17)9-18-13/h7,9H,2-6,10H2,1H3,(H,18,19). The predicted octanol–water partition coefficient (Wildman–Crippen LogP) is 3.14. The second kappa shape index (κ2) is 6.77. The molecule has 21 heavy (non-hydrogen) atoms. The van der Waals surface area contributed by atoms with Gasteiger partial charge in [0.15, 0.2) is 0 Å². The molecule has 0 radical (unpaired) electrons. The lowest BCUT2D eigenvalue weighted by Gasteiger charge is -2.27. The van der Waals surface area contributed by atoms with Gasteiger partial charge in [0.2, 0.25) is 0 Å². The molecule has 0 bridgehead atoms. The summed E-state index contributed by atoms with van der Waals surface area (Å²) in [6, 6.07) is 3.54. The number of ether oxygens (including phenoxy) is 1. The maximum Gasteiger partial charge on any atom is 0.313 e. The first kappa shape index (κ1) is 15.6. The van der Waals surface area contributed by atoms with E-state index in [1.54, 1.807) is 6.07 Å². The van der Waals surface area contributed by atoms with Crippen molar-refractivity contribution < 1.29 is 9.53 Å². The summed E-state index contributed by atoms with van der Waals surface area (Å²) in [5.41, 5.74) is -0.0823. The first-order valence-electron chi connectivity index (χ1n) is 7.08. The van der Waals surface area contributed by atoms with Crippen LogP contribution in [-0.4, -0.2) is 24.1 Å². The molecule has 5 nitrogen and oxygen atoms in total. The number of carbonyl (C=O) groups is 1. The van der Waals surface area contributed by atoms with E-state index >= 15 is 0 Å². The minimum atomic E-state index is -0.491. The third-order valence-corrected chi connectivity index (χ3v) is 4.12. The summed E-state index contributed by atoms with van der Waals surface area (Å²) in [6.45, 7) is 2.65. The lowest BCUT2D eigenvalue weighted by molar-refractivity contribution is -0.154. The van der Waals surface area contributed by atoms with Crippen molar-refractivity contribution in [1.29, 1.82) is 5.26 Å². The Morgan fingerprint density at radius 3 is 2.86 bits per heavy atom. The molecule has 2 rings (SSSR count). The number of nitriles is 1. The summed E-state index contributed by atoms with van der Waals surface area (Å²) in [4.78, 5) is 16.3. The van der Waals surface area contributed by atoms with E-state index in [0.29, 0.717) is 29.6 Å². The highest BCUT2D eigenvalue weighted by Crippen LogP contribution is 2.39. The van der Waals surface area contributed by atoms with E-state index < -0.39 is 5.41 Å². The maximum absolute atomic E-state index is 12.2. The van der Waals surface area contributed by atoms with Crippen molar-refractivity contribution in [2.24, 2.45) is 5.41 Å². The number of aromatic nitrogens is 1. The smallest absolute Gasteiger partial charge is 0.313 e. The number of pyridine rings is 1. The third-order valence-electron chi connectivity index (χ3n) is 3.83. The van der Waals surface area contributed by atoms with Crippen LogP contribution in [0.2, 0.25) is 5.02 Å². The van der Waals surface area contributed by atoms with Crippen LogP contribution in [0, 0.1) is 16.7 Å². The summed E-state index contributed by atoms with van der Waals surface area (Å²) >= 11 is 6.09. The zero-order valence-corrected chi connectivity index (χ0v) is 12.7. The summed E-state index contributed by atoms with van der Waals surface area (Å²) in [5, 5.41) is 12.3. The molecule has 1 aromatic rings. The fraction of sp³-hybridized carbons (Fsp3) is 0.533. The Hall–Kier alpha value is -1.80. The molecule has 1 aliphatic carbocycles. The SMILES string of the molecule is CCOC(=O)C1(CNc2ncc(C#N)cc2Cl)CCCC1. The van der Waals surface area contributed by atoms with Crippen LogP contribution in [0.3, 0.4) is 0 Å². The Bertz CT molecular complexity index is 563. The second-order valence-electron chi connectivity index (χ2n) is 5.23. The zero-order chi connectivity index (χ0) is 15.3. The number of hydrogen-bond acceptors (Lipinski definition) is 5. The Labute approximate surface area is 129 Å². The van der Waals surface area contributed by atoms with Crippen molar-refractivity contribution in [2.45, 2.75) is 32.6 Å². The molecule has 1 fully saturated rings. The highest BCUT2D eigenvalue weighted by atomic mass is 35.5. The van der Waals surface area contributed by atoms with Crippen molar-refractivity contribution >= 4 is 23.4 Å². The van der Waals surface area contributed by atoms with Gasteiger partial charge in [0.05, 0.1) is 22.6 Å². The molecule has 112 valence electrons. The van der Waals surface area contributed by atoms with Crippen LogP contribution in [0.1, 0.15) is 38.2 Å². The van der Waals surface area contributed by atoms with Crippen LogP contribution in [0.4, 0.5) is 5.82 Å². The highest BCUT2D eigenvalue weighted by molar-refractivity contribution is 6.33. The molecule has 6 heteroatoms. The number of halogens is 1. The largest absolute Gasteiger partial charge is 0.466 e. The average molecular weight is 308 g/mol. The van der Waals surface area contributed by atoms with Gasteiger partial charge in [-0.15, -0.1) is 0 Å². The fourth-order valence-electron chi connectivity index (χ4n) is 2.67. The van der Waals surface area contributed by atoms with Gasteiger partial charge >= 0.3 is 5.97 Å². The van der Waals surface area contributed by atoms with Crippen molar-refractivity contribution in [3.8, 4) is 6.07 Å². The molecule has 0 amide bonds. The molecule has 1 aliphatic rings. The molecular weight excluding hydrogens is 290 g/mol. The van der Waals surface area contributed by atoms with E-state index in [1.165, 1.54) is 6.20 Å². The minimum Gasteiger partial charge on any atom is -0.466 e. The average Bonchev–Trinajstić information content (AvgIpc) is 2.96. The lowest BCUT2D eigenvalue weighted by Crippen LogP contribution is -2.37. The Balaban J connectivity index is 2.09. The molecule has 1 aromatic heterocycles. The van der Waals surface area contributed by atoms with Gasteiger partial charge in [0.25, 0.3) is 0 Å². The van der Waals surface area contributed by atoms with Crippen molar-refractivity contribution in [3.63, 3.8) is 0 Å². The number of carbonyl (C=O) groups excluding carboxylic acids is 1. The molecule has 0 aliphatic heterocycles. The summed E-state index contributed by atoms with van der Waals surface area (Å²) in [7, 11) is 0. The monoisotopic (exact) mass is 307 g/mol. The topological polar surface area (TPSA) is 75.0 Å². The third kappa shape index (κ3) is 3.45. The summed E-state index contributed by atoms with van der Waals surface area (Å²) in [5.74, 6) is 0.339. The molecule has 1 heterocycles. The van der Waals surface area contributed by atoms with Gasteiger partial charge in [-0.1, -0.05) is 24.4 Å². The number of nitrogens with zero attached hydrogens (tertiary/aromatic N) is 2. The molecular formula is C15H18ClN3O2. The van der Waals surface area contributed by atoms with E-state index in [0.717, 1.165) is 25.7 Å². The fourth-order valence-corrected chi connectivity index (χ4v) is 2.90. The Morgan fingerprint density at radius 2 is 2.29 bits per heavy atom. The van der Waals surface area contributed by atoms with E-state index in [1.807, 2.05) is 13.0 Å². The number of anilines is 1. The van der Waals surface area contributed by atoms with E-state index in [-0.39, 0.29) is 5.97 Å². The normalized spacial score (nSPS) is 16.2. The number of rotatable bonds is 5. The van der Waals surface area contributed by atoms with Crippen molar-refractivity contribution in [2.75, 3.05) is 18.5 Å². The van der Waals surface area contributed by atoms with E-state index in [9.17, 15) is 4.79 Å². The Kier molecular flexibility index (Phi) is 5.03. The van der Waals surface area contributed by atoms with Gasteiger partial charge in [0.1, 0.15) is 11.9 Å². The predicted molar refractivity (Wildman–Crippen MR) is 80.0 cm³/mol. The van der Waals surface area contributed by atoms with Crippen LogP contribution >= 0.6 is 11.6 Å². The van der Waals surface area contributed by atoms with E-state index in [4.69, 9.17) is 21.6 Å². The number of esters is 1. The van der Waals surface area contributed by atoms with Crippen LogP contribution in [-0.2, 0) is 9.53 Å². The number of hydrogen-bond donors (Lipinski definition) is 1. The van der Waals surface area contributed by atoms with Gasteiger partial charge in [-0.2, -0.15) is 5.26 Å². The zero-order valence-electron chi connectivity index (χ0n) is 12.0. The van der Waals surface area contributed by atoms with Gasteiger partial charge in [-0.05, 0) is 25.8 Å². The molecule has 0 spiro atoms.